The quantitative estimate of drug-likeness (QED) is 0.422. The number of fused-ring (bicyclic) bond motifs is 1. The molecule has 0 amide bonds. The number of hydrogen-bond donors (Lipinski definition) is 1. The van der Waals surface area contributed by atoms with Crippen LogP contribution in [-0.2, 0) is 16.9 Å². The summed E-state index contributed by atoms with van der Waals surface area (Å²) >= 11 is 6.26. The van der Waals surface area contributed by atoms with Crippen molar-refractivity contribution in [2.45, 2.75) is 19.1 Å². The number of ether oxygens (including phenoxy) is 1. The van der Waals surface area contributed by atoms with Crippen molar-refractivity contribution < 1.29 is 19.0 Å². The maximum absolute atomic E-state index is 13.6. The fraction of sp³-hybridized carbons (Fsp3) is 0.125. The molecular formula is C24H19ClFNO3. The molecule has 30 heavy (non-hydrogen) atoms. The second kappa shape index (κ2) is 7.84. The van der Waals surface area contributed by atoms with Gasteiger partial charge in [0.05, 0.1) is 5.52 Å². The Morgan fingerprint density at radius 3 is 2.57 bits per heavy atom. The van der Waals surface area contributed by atoms with Gasteiger partial charge in [-0.25, -0.2) is 9.18 Å². The minimum Gasteiger partial charge on any atom is -0.487 e. The van der Waals surface area contributed by atoms with Crippen LogP contribution < -0.4 is 4.74 Å². The number of carboxylic acids is 1. The number of para-hydroxylation sites is 1. The fourth-order valence-corrected chi connectivity index (χ4v) is 3.97. The molecule has 0 saturated carbocycles. The number of benzene rings is 3. The molecule has 0 fully saturated rings. The zero-order valence-corrected chi connectivity index (χ0v) is 16.9. The minimum absolute atomic E-state index is 0.0458. The van der Waals surface area contributed by atoms with Gasteiger partial charge in [0.15, 0.2) is 5.54 Å². The van der Waals surface area contributed by atoms with E-state index < -0.39 is 17.3 Å². The van der Waals surface area contributed by atoms with Gasteiger partial charge in [0.2, 0.25) is 0 Å². The molecule has 1 heterocycles. The van der Waals surface area contributed by atoms with E-state index in [1.54, 1.807) is 23.8 Å². The third-order valence-electron chi connectivity index (χ3n) is 5.27. The summed E-state index contributed by atoms with van der Waals surface area (Å²) in [7, 11) is 0. The zero-order chi connectivity index (χ0) is 21.3. The van der Waals surface area contributed by atoms with E-state index in [-0.39, 0.29) is 10.6 Å². The summed E-state index contributed by atoms with van der Waals surface area (Å²) in [5, 5.41) is 11.1. The Morgan fingerprint density at radius 2 is 1.87 bits per heavy atom. The summed E-state index contributed by atoms with van der Waals surface area (Å²) in [5.41, 5.74) is 0.334. The van der Waals surface area contributed by atoms with Crippen molar-refractivity contribution in [2.24, 2.45) is 0 Å². The highest BCUT2D eigenvalue weighted by atomic mass is 35.5. The molecule has 1 aromatic heterocycles. The van der Waals surface area contributed by atoms with E-state index in [1.165, 1.54) is 12.1 Å². The van der Waals surface area contributed by atoms with Gasteiger partial charge in [-0.15, -0.1) is 0 Å². The molecule has 0 radical (unpaired) electrons. The summed E-state index contributed by atoms with van der Waals surface area (Å²) < 4.78 is 21.3. The molecule has 0 aliphatic heterocycles. The van der Waals surface area contributed by atoms with Crippen molar-refractivity contribution >= 4 is 28.5 Å². The second-order valence-corrected chi connectivity index (χ2v) is 7.56. The fourth-order valence-electron chi connectivity index (χ4n) is 3.62. The zero-order valence-electron chi connectivity index (χ0n) is 16.2. The lowest BCUT2D eigenvalue weighted by atomic mass is 9.91. The predicted octanol–water partition coefficient (Wildman–Crippen LogP) is 5.86. The normalized spacial score (nSPS) is 13.2. The van der Waals surface area contributed by atoms with E-state index in [9.17, 15) is 14.3 Å². The Morgan fingerprint density at radius 1 is 1.10 bits per heavy atom. The SMILES string of the molecule is CC(C(=O)O)(c1ccc(F)cc1Cl)n1ccc2cccc(OCc3ccccc3)c21. The molecule has 0 aliphatic carbocycles. The van der Waals surface area contributed by atoms with E-state index in [1.807, 2.05) is 48.5 Å². The van der Waals surface area contributed by atoms with Gasteiger partial charge in [-0.3, -0.25) is 0 Å². The van der Waals surface area contributed by atoms with Crippen LogP contribution in [0.15, 0.2) is 79.0 Å². The molecule has 1 atom stereocenters. The van der Waals surface area contributed by atoms with Gasteiger partial charge in [-0.05, 0) is 36.8 Å². The van der Waals surface area contributed by atoms with Crippen molar-refractivity contribution in [3.63, 3.8) is 0 Å². The van der Waals surface area contributed by atoms with Gasteiger partial charge in [-0.1, -0.05) is 60.1 Å². The van der Waals surface area contributed by atoms with Crippen LogP contribution in [-0.4, -0.2) is 15.6 Å². The highest BCUT2D eigenvalue weighted by Crippen LogP contribution is 2.38. The highest BCUT2D eigenvalue weighted by molar-refractivity contribution is 6.31. The molecule has 0 spiro atoms. The van der Waals surface area contributed by atoms with Crippen molar-refractivity contribution in [3.05, 3.63) is 101 Å². The molecule has 4 nitrogen and oxygen atoms in total. The van der Waals surface area contributed by atoms with Crippen LogP contribution in [0.2, 0.25) is 5.02 Å². The van der Waals surface area contributed by atoms with Crippen LogP contribution in [0.5, 0.6) is 5.75 Å². The van der Waals surface area contributed by atoms with Crippen molar-refractivity contribution in [2.75, 3.05) is 0 Å². The Kier molecular flexibility index (Phi) is 5.22. The maximum atomic E-state index is 13.6. The Balaban J connectivity index is 1.85. The van der Waals surface area contributed by atoms with E-state index in [0.29, 0.717) is 17.9 Å². The summed E-state index contributed by atoms with van der Waals surface area (Å²) in [4.78, 5) is 12.5. The number of rotatable bonds is 6. The molecule has 3 aromatic carbocycles. The van der Waals surface area contributed by atoms with E-state index >= 15 is 0 Å². The number of carbonyl (C=O) groups is 1. The van der Waals surface area contributed by atoms with Gasteiger partial charge in [0.25, 0.3) is 0 Å². The molecule has 1 N–H and O–H groups in total. The molecule has 4 aromatic rings. The first-order valence-corrected chi connectivity index (χ1v) is 9.75. The first-order chi connectivity index (χ1) is 14.4. The molecular weight excluding hydrogens is 405 g/mol. The van der Waals surface area contributed by atoms with Crippen LogP contribution in [0.4, 0.5) is 4.39 Å². The molecule has 0 saturated heterocycles. The summed E-state index contributed by atoms with van der Waals surface area (Å²) in [5.74, 6) is -1.10. The molecule has 1 unspecified atom stereocenters. The third kappa shape index (κ3) is 3.42. The van der Waals surface area contributed by atoms with E-state index in [4.69, 9.17) is 16.3 Å². The number of carboxylic acid groups (broad SMARTS) is 1. The lowest BCUT2D eigenvalue weighted by Gasteiger charge is -2.30. The largest absolute Gasteiger partial charge is 0.487 e. The van der Waals surface area contributed by atoms with Gasteiger partial charge in [0.1, 0.15) is 18.2 Å². The van der Waals surface area contributed by atoms with Gasteiger partial charge >= 0.3 is 5.97 Å². The monoisotopic (exact) mass is 423 g/mol. The average molecular weight is 424 g/mol. The van der Waals surface area contributed by atoms with E-state index in [2.05, 4.69) is 0 Å². The van der Waals surface area contributed by atoms with Crippen LogP contribution in [0.1, 0.15) is 18.1 Å². The molecule has 0 aliphatic rings. The standard InChI is InChI=1S/C24H19ClFNO3/c1-24(23(28)29,19-11-10-18(26)14-20(19)25)27-13-12-17-8-5-9-21(22(17)27)30-15-16-6-3-2-4-7-16/h2-14H,15H2,1H3,(H,28,29). The molecule has 0 bridgehead atoms. The number of nitrogens with zero attached hydrogens (tertiary/aromatic N) is 1. The van der Waals surface area contributed by atoms with E-state index in [0.717, 1.165) is 17.0 Å². The molecule has 6 heteroatoms. The van der Waals surface area contributed by atoms with Gasteiger partial charge in [-0.2, -0.15) is 0 Å². The summed E-state index contributed by atoms with van der Waals surface area (Å²) in [6.45, 7) is 1.88. The van der Waals surface area contributed by atoms with Crippen molar-refractivity contribution in [3.8, 4) is 5.75 Å². The lowest BCUT2D eigenvalue weighted by Crippen LogP contribution is -2.40. The molecule has 4 rings (SSSR count). The number of halogens is 2. The lowest BCUT2D eigenvalue weighted by molar-refractivity contribution is -0.144. The summed E-state index contributed by atoms with van der Waals surface area (Å²) in [6, 6.07) is 20.8. The third-order valence-corrected chi connectivity index (χ3v) is 5.58. The topological polar surface area (TPSA) is 51.5 Å². The maximum Gasteiger partial charge on any atom is 0.334 e. The van der Waals surface area contributed by atoms with Crippen LogP contribution in [0, 0.1) is 5.82 Å². The first kappa shape index (κ1) is 20.0. The van der Waals surface area contributed by atoms with Crippen LogP contribution in [0.3, 0.4) is 0 Å². The average Bonchev–Trinajstić information content (AvgIpc) is 3.17. The van der Waals surface area contributed by atoms with Gasteiger partial charge in [0, 0.05) is 22.2 Å². The van der Waals surface area contributed by atoms with Crippen LogP contribution in [0.25, 0.3) is 10.9 Å². The number of aromatic nitrogens is 1. The van der Waals surface area contributed by atoms with Crippen LogP contribution >= 0.6 is 11.6 Å². The van der Waals surface area contributed by atoms with Crippen molar-refractivity contribution in [1.82, 2.24) is 4.57 Å². The Hall–Kier alpha value is -3.31. The van der Waals surface area contributed by atoms with Crippen molar-refractivity contribution in [1.29, 1.82) is 0 Å². The Bertz CT molecular complexity index is 1220. The highest BCUT2D eigenvalue weighted by Gasteiger charge is 2.40. The minimum atomic E-state index is -1.57. The van der Waals surface area contributed by atoms with Gasteiger partial charge < -0.3 is 14.4 Å². The second-order valence-electron chi connectivity index (χ2n) is 7.16. The Labute approximate surface area is 178 Å². The predicted molar refractivity (Wildman–Crippen MR) is 115 cm³/mol. The first-order valence-electron chi connectivity index (χ1n) is 9.37. The molecule has 152 valence electrons. The number of hydrogen-bond acceptors (Lipinski definition) is 2. The smallest absolute Gasteiger partial charge is 0.334 e. The summed E-state index contributed by atoms with van der Waals surface area (Å²) in [6.07, 6.45) is 1.69. The number of aliphatic carboxylic acids is 1.